The van der Waals surface area contributed by atoms with E-state index in [0.717, 1.165) is 12.8 Å². The third-order valence-corrected chi connectivity index (χ3v) is 4.51. The summed E-state index contributed by atoms with van der Waals surface area (Å²) in [5, 5.41) is 8.81. The first-order chi connectivity index (χ1) is 11.9. The molecular weight excluding hydrogens is 316 g/mol. The number of rotatable bonds is 17. The summed E-state index contributed by atoms with van der Waals surface area (Å²) in [6.07, 6.45) is 15.5. The molecule has 0 aromatic carbocycles. The highest BCUT2D eigenvalue weighted by molar-refractivity contribution is 5.73. The largest absolute Gasteiger partial charge is 0.481 e. The highest BCUT2D eigenvalue weighted by Gasteiger charge is 2.25. The maximum absolute atomic E-state index is 11.7. The molecule has 0 unspecified atom stereocenters. The van der Waals surface area contributed by atoms with Gasteiger partial charge in [0.05, 0.1) is 19.4 Å². The molecule has 4 heteroatoms. The Morgan fingerprint density at radius 3 is 1.64 bits per heavy atom. The van der Waals surface area contributed by atoms with Gasteiger partial charge in [0, 0.05) is 0 Å². The standard InChI is InChI=1S/C21H40O4/c1-4-5-6-7-8-9-10-11-12-13-14-15-16-25-20(24)18-21(2,3)17-19(22)23/h4-18H2,1-3H3,(H,22,23). The van der Waals surface area contributed by atoms with Crippen molar-refractivity contribution >= 4 is 11.9 Å². The zero-order chi connectivity index (χ0) is 19.0. The number of hydrogen-bond donors (Lipinski definition) is 1. The fraction of sp³-hybridized carbons (Fsp3) is 0.905. The number of unbranched alkanes of at least 4 members (excludes halogenated alkanes) is 11. The van der Waals surface area contributed by atoms with Crippen LogP contribution in [0.15, 0.2) is 0 Å². The van der Waals surface area contributed by atoms with Crippen molar-refractivity contribution < 1.29 is 19.4 Å². The van der Waals surface area contributed by atoms with Gasteiger partial charge in [-0.2, -0.15) is 0 Å². The zero-order valence-corrected chi connectivity index (χ0v) is 16.8. The Morgan fingerprint density at radius 2 is 1.20 bits per heavy atom. The van der Waals surface area contributed by atoms with E-state index in [1.807, 2.05) is 0 Å². The quantitative estimate of drug-likeness (QED) is 0.252. The number of carboxylic acid groups (broad SMARTS) is 1. The topological polar surface area (TPSA) is 63.6 Å². The van der Waals surface area contributed by atoms with Gasteiger partial charge in [0.2, 0.25) is 0 Å². The van der Waals surface area contributed by atoms with E-state index in [-0.39, 0.29) is 18.8 Å². The van der Waals surface area contributed by atoms with Crippen molar-refractivity contribution in [2.24, 2.45) is 5.41 Å². The van der Waals surface area contributed by atoms with E-state index in [4.69, 9.17) is 9.84 Å². The van der Waals surface area contributed by atoms with E-state index >= 15 is 0 Å². The van der Waals surface area contributed by atoms with Crippen molar-refractivity contribution in [1.82, 2.24) is 0 Å². The third kappa shape index (κ3) is 17.6. The van der Waals surface area contributed by atoms with Crippen LogP contribution in [0.4, 0.5) is 0 Å². The smallest absolute Gasteiger partial charge is 0.306 e. The number of hydrogen-bond acceptors (Lipinski definition) is 3. The average Bonchev–Trinajstić information content (AvgIpc) is 2.50. The molecule has 0 bridgehead atoms. The number of ether oxygens (including phenoxy) is 1. The van der Waals surface area contributed by atoms with Crippen LogP contribution in [0.1, 0.15) is 111 Å². The summed E-state index contributed by atoms with van der Waals surface area (Å²) in [6.45, 7) is 6.28. The Balaban J connectivity index is 3.38. The van der Waals surface area contributed by atoms with Gasteiger partial charge >= 0.3 is 11.9 Å². The van der Waals surface area contributed by atoms with Crippen LogP contribution >= 0.6 is 0 Å². The fourth-order valence-electron chi connectivity index (χ4n) is 3.04. The van der Waals surface area contributed by atoms with Crippen molar-refractivity contribution in [2.45, 2.75) is 111 Å². The number of carbonyl (C=O) groups is 2. The molecule has 0 aromatic heterocycles. The van der Waals surface area contributed by atoms with Crippen molar-refractivity contribution in [3.05, 3.63) is 0 Å². The summed E-state index contributed by atoms with van der Waals surface area (Å²) >= 11 is 0. The van der Waals surface area contributed by atoms with Crippen LogP contribution in [0.5, 0.6) is 0 Å². The lowest BCUT2D eigenvalue weighted by Crippen LogP contribution is -2.22. The van der Waals surface area contributed by atoms with Crippen molar-refractivity contribution in [1.29, 1.82) is 0 Å². The highest BCUT2D eigenvalue weighted by atomic mass is 16.5. The minimum absolute atomic E-state index is 0.0132. The van der Waals surface area contributed by atoms with Gasteiger partial charge in [-0.1, -0.05) is 91.4 Å². The minimum atomic E-state index is -0.876. The third-order valence-electron chi connectivity index (χ3n) is 4.51. The van der Waals surface area contributed by atoms with Crippen LogP contribution in [0.25, 0.3) is 0 Å². The molecule has 1 N–H and O–H groups in total. The lowest BCUT2D eigenvalue weighted by molar-refractivity contribution is -0.147. The molecule has 0 aromatic rings. The van der Waals surface area contributed by atoms with E-state index in [1.54, 1.807) is 13.8 Å². The molecule has 0 heterocycles. The van der Waals surface area contributed by atoms with Gasteiger partial charge in [0.1, 0.15) is 0 Å². The summed E-state index contributed by atoms with van der Waals surface area (Å²) < 4.78 is 5.22. The van der Waals surface area contributed by atoms with Gasteiger partial charge in [-0.15, -0.1) is 0 Å². The maximum Gasteiger partial charge on any atom is 0.306 e. The monoisotopic (exact) mass is 356 g/mol. The molecule has 0 radical (unpaired) electrons. The van der Waals surface area contributed by atoms with Crippen LogP contribution in [0, 0.1) is 5.41 Å². The first-order valence-corrected chi connectivity index (χ1v) is 10.2. The molecule has 0 rings (SSSR count). The molecule has 25 heavy (non-hydrogen) atoms. The molecule has 0 aliphatic heterocycles. The van der Waals surface area contributed by atoms with Crippen molar-refractivity contribution in [3.63, 3.8) is 0 Å². The second kappa shape index (κ2) is 15.2. The second-order valence-corrected chi connectivity index (χ2v) is 8.02. The first-order valence-electron chi connectivity index (χ1n) is 10.2. The van der Waals surface area contributed by atoms with Crippen LogP contribution in [-0.4, -0.2) is 23.7 Å². The summed E-state index contributed by atoms with van der Waals surface area (Å²) in [6, 6.07) is 0. The van der Waals surface area contributed by atoms with E-state index in [0.29, 0.717) is 6.61 Å². The van der Waals surface area contributed by atoms with E-state index in [9.17, 15) is 9.59 Å². The SMILES string of the molecule is CCCCCCCCCCCCCCOC(=O)CC(C)(C)CC(=O)O. The molecule has 0 aliphatic rings. The van der Waals surface area contributed by atoms with Crippen molar-refractivity contribution in [2.75, 3.05) is 6.61 Å². The zero-order valence-electron chi connectivity index (χ0n) is 16.8. The Morgan fingerprint density at radius 1 is 0.760 bits per heavy atom. The first kappa shape index (κ1) is 23.9. The average molecular weight is 357 g/mol. The van der Waals surface area contributed by atoms with Crippen LogP contribution in [-0.2, 0) is 14.3 Å². The molecule has 0 atom stereocenters. The summed E-state index contributed by atoms with van der Waals surface area (Å²) in [7, 11) is 0. The normalized spacial score (nSPS) is 11.5. The Kier molecular flexibility index (Phi) is 14.6. The lowest BCUT2D eigenvalue weighted by Gasteiger charge is -2.20. The second-order valence-electron chi connectivity index (χ2n) is 8.02. The van der Waals surface area contributed by atoms with Gasteiger partial charge in [0.15, 0.2) is 0 Å². The number of carboxylic acids is 1. The summed E-state index contributed by atoms with van der Waals surface area (Å²) in [5.41, 5.74) is -0.542. The maximum atomic E-state index is 11.7. The van der Waals surface area contributed by atoms with Gasteiger partial charge in [-0.3, -0.25) is 9.59 Å². The van der Waals surface area contributed by atoms with E-state index in [1.165, 1.54) is 64.2 Å². The number of aliphatic carboxylic acids is 1. The van der Waals surface area contributed by atoms with Crippen molar-refractivity contribution in [3.8, 4) is 0 Å². The molecule has 0 spiro atoms. The minimum Gasteiger partial charge on any atom is -0.481 e. The fourth-order valence-corrected chi connectivity index (χ4v) is 3.04. The number of carbonyl (C=O) groups excluding carboxylic acids is 1. The molecule has 148 valence electrons. The van der Waals surface area contributed by atoms with Gasteiger partial charge in [-0.05, 0) is 11.8 Å². The molecule has 0 saturated heterocycles. The van der Waals surface area contributed by atoms with Gasteiger partial charge in [0.25, 0.3) is 0 Å². The highest BCUT2D eigenvalue weighted by Crippen LogP contribution is 2.25. The Hall–Kier alpha value is -1.06. The number of esters is 1. The molecule has 0 fully saturated rings. The molecule has 4 nitrogen and oxygen atoms in total. The predicted octanol–water partition coefficient (Wildman–Crippen LogP) is 6.12. The summed E-state index contributed by atoms with van der Waals surface area (Å²) in [5.74, 6) is -1.16. The molecule has 0 saturated carbocycles. The lowest BCUT2D eigenvalue weighted by atomic mass is 9.86. The predicted molar refractivity (Wildman–Crippen MR) is 103 cm³/mol. The molecule has 0 aliphatic carbocycles. The van der Waals surface area contributed by atoms with Gasteiger partial charge < -0.3 is 9.84 Å². The van der Waals surface area contributed by atoms with Crippen LogP contribution in [0.2, 0.25) is 0 Å². The van der Waals surface area contributed by atoms with E-state index in [2.05, 4.69) is 6.92 Å². The Labute approximate surface area is 154 Å². The van der Waals surface area contributed by atoms with Crippen LogP contribution in [0.3, 0.4) is 0 Å². The summed E-state index contributed by atoms with van der Waals surface area (Å²) in [4.78, 5) is 22.5. The Bertz CT molecular complexity index is 350. The van der Waals surface area contributed by atoms with E-state index < -0.39 is 11.4 Å². The molecule has 0 amide bonds. The van der Waals surface area contributed by atoms with Crippen LogP contribution < -0.4 is 0 Å². The molecular formula is C21H40O4. The van der Waals surface area contributed by atoms with Gasteiger partial charge in [-0.25, -0.2) is 0 Å².